The average molecular weight is 339 g/mol. The van der Waals surface area contributed by atoms with E-state index in [-0.39, 0.29) is 5.91 Å². The molecule has 24 heavy (non-hydrogen) atoms. The van der Waals surface area contributed by atoms with E-state index in [0.29, 0.717) is 24.7 Å². The highest BCUT2D eigenvalue weighted by molar-refractivity contribution is 5.85. The second kappa shape index (κ2) is 7.12. The Balaban J connectivity index is 2.39. The zero-order chi connectivity index (χ0) is 17.9. The molecule has 0 aliphatic heterocycles. The third-order valence-electron chi connectivity index (χ3n) is 4.11. The lowest BCUT2D eigenvalue weighted by Gasteiger charge is -2.31. The van der Waals surface area contributed by atoms with Gasteiger partial charge >= 0.3 is 6.18 Å². The molecule has 1 amide bonds. The standard InChI is InChI=1S/C17H20F3N3O/c1-3-22-16(24)11(2)23(10-12-4-5-12)14-7-6-13(9-21)15(8-14)17(18,19)20/h6-8,11-12H,3-5,10H2,1-2H3,(H,22,24). The summed E-state index contributed by atoms with van der Waals surface area (Å²) in [7, 11) is 0. The first-order valence-electron chi connectivity index (χ1n) is 7.93. The number of amides is 1. The number of hydrogen-bond donors (Lipinski definition) is 1. The summed E-state index contributed by atoms with van der Waals surface area (Å²) in [6.07, 6.45) is -2.58. The number of benzene rings is 1. The molecular formula is C17H20F3N3O. The molecule has 1 saturated carbocycles. The van der Waals surface area contributed by atoms with E-state index in [2.05, 4.69) is 5.32 Å². The normalized spacial score (nSPS) is 15.5. The Morgan fingerprint density at radius 2 is 2.12 bits per heavy atom. The number of alkyl halides is 3. The van der Waals surface area contributed by atoms with Gasteiger partial charge in [-0.2, -0.15) is 18.4 Å². The van der Waals surface area contributed by atoms with Gasteiger partial charge in [-0.1, -0.05) is 0 Å². The van der Waals surface area contributed by atoms with E-state index in [0.717, 1.165) is 18.9 Å². The fourth-order valence-corrected chi connectivity index (χ4v) is 2.57. The third kappa shape index (κ3) is 4.19. The lowest BCUT2D eigenvalue weighted by atomic mass is 10.1. The van der Waals surface area contributed by atoms with E-state index in [4.69, 9.17) is 5.26 Å². The SMILES string of the molecule is CCNC(=O)C(C)N(CC1CC1)c1ccc(C#N)c(C(F)(F)F)c1. The number of carbonyl (C=O) groups excluding carboxylic acids is 1. The first-order chi connectivity index (χ1) is 11.3. The maximum absolute atomic E-state index is 13.2. The predicted octanol–water partition coefficient (Wildman–Crippen LogP) is 3.32. The van der Waals surface area contributed by atoms with E-state index in [1.54, 1.807) is 24.8 Å². The number of nitrogens with zero attached hydrogens (tertiary/aromatic N) is 2. The van der Waals surface area contributed by atoms with Crippen molar-refractivity contribution in [1.82, 2.24) is 5.32 Å². The molecule has 0 bridgehead atoms. The second-order valence-corrected chi connectivity index (χ2v) is 6.01. The summed E-state index contributed by atoms with van der Waals surface area (Å²) in [6, 6.07) is 4.61. The fourth-order valence-electron chi connectivity index (χ4n) is 2.57. The zero-order valence-corrected chi connectivity index (χ0v) is 13.7. The van der Waals surface area contributed by atoms with Gasteiger partial charge in [-0.15, -0.1) is 0 Å². The summed E-state index contributed by atoms with van der Waals surface area (Å²) in [5.41, 5.74) is -1.07. The predicted molar refractivity (Wildman–Crippen MR) is 84.4 cm³/mol. The number of hydrogen-bond acceptors (Lipinski definition) is 3. The molecular weight excluding hydrogens is 319 g/mol. The number of nitriles is 1. The van der Waals surface area contributed by atoms with Crippen LogP contribution in [0.5, 0.6) is 0 Å². The van der Waals surface area contributed by atoms with E-state index >= 15 is 0 Å². The van der Waals surface area contributed by atoms with Gasteiger partial charge in [-0.25, -0.2) is 0 Å². The Labute approximate surface area is 139 Å². The molecule has 4 nitrogen and oxygen atoms in total. The van der Waals surface area contributed by atoms with Crippen LogP contribution in [0.2, 0.25) is 0 Å². The largest absolute Gasteiger partial charge is 0.417 e. The van der Waals surface area contributed by atoms with Gasteiger partial charge in [0.1, 0.15) is 6.04 Å². The monoisotopic (exact) mass is 339 g/mol. The van der Waals surface area contributed by atoms with Gasteiger partial charge in [0.2, 0.25) is 5.91 Å². The van der Waals surface area contributed by atoms with E-state index < -0.39 is 23.3 Å². The molecule has 1 fully saturated rings. The van der Waals surface area contributed by atoms with Gasteiger partial charge in [-0.3, -0.25) is 4.79 Å². The molecule has 0 radical (unpaired) electrons. The molecule has 0 aromatic heterocycles. The number of likely N-dealkylation sites (N-methyl/N-ethyl adjacent to an activating group) is 1. The molecule has 1 aliphatic carbocycles. The van der Waals surface area contributed by atoms with Crippen LogP contribution in [0.4, 0.5) is 18.9 Å². The first-order valence-corrected chi connectivity index (χ1v) is 7.93. The molecule has 1 aromatic carbocycles. The minimum Gasteiger partial charge on any atom is -0.359 e. The number of rotatable bonds is 6. The highest BCUT2D eigenvalue weighted by Gasteiger charge is 2.35. The van der Waals surface area contributed by atoms with Crippen LogP contribution >= 0.6 is 0 Å². The van der Waals surface area contributed by atoms with Crippen molar-refractivity contribution in [3.63, 3.8) is 0 Å². The molecule has 1 aromatic rings. The smallest absolute Gasteiger partial charge is 0.359 e. The molecule has 0 spiro atoms. The van der Waals surface area contributed by atoms with Crippen molar-refractivity contribution >= 4 is 11.6 Å². The lowest BCUT2D eigenvalue weighted by molar-refractivity contribution is -0.137. The highest BCUT2D eigenvalue weighted by atomic mass is 19.4. The van der Waals surface area contributed by atoms with Gasteiger partial charge in [0, 0.05) is 18.8 Å². The van der Waals surface area contributed by atoms with Crippen LogP contribution in [0, 0.1) is 17.2 Å². The number of nitrogens with one attached hydrogen (secondary N) is 1. The van der Waals surface area contributed by atoms with Crippen LogP contribution in [0.3, 0.4) is 0 Å². The third-order valence-corrected chi connectivity index (χ3v) is 4.11. The molecule has 130 valence electrons. The Morgan fingerprint density at radius 3 is 2.62 bits per heavy atom. The number of halogens is 3. The molecule has 0 saturated heterocycles. The van der Waals surface area contributed by atoms with Gasteiger partial charge in [-0.05, 0) is 50.8 Å². The Hall–Kier alpha value is -2.23. The van der Waals surface area contributed by atoms with Crippen LogP contribution in [0.25, 0.3) is 0 Å². The zero-order valence-electron chi connectivity index (χ0n) is 13.7. The minimum absolute atomic E-state index is 0.226. The topological polar surface area (TPSA) is 56.1 Å². The molecule has 2 rings (SSSR count). The van der Waals surface area contributed by atoms with Gasteiger partial charge in [0.05, 0.1) is 17.2 Å². The molecule has 1 atom stereocenters. The van der Waals surface area contributed by atoms with Gasteiger partial charge in [0.15, 0.2) is 0 Å². The summed E-state index contributed by atoms with van der Waals surface area (Å²) < 4.78 is 39.6. The fraction of sp³-hybridized carbons (Fsp3) is 0.529. The van der Waals surface area contributed by atoms with Crippen molar-refractivity contribution in [2.75, 3.05) is 18.0 Å². The van der Waals surface area contributed by atoms with Crippen molar-refractivity contribution in [2.24, 2.45) is 5.92 Å². The van der Waals surface area contributed by atoms with Crippen LogP contribution in [0.15, 0.2) is 18.2 Å². The van der Waals surface area contributed by atoms with Crippen molar-refractivity contribution in [3.8, 4) is 6.07 Å². The number of carbonyl (C=O) groups is 1. The van der Waals surface area contributed by atoms with Crippen LogP contribution in [-0.2, 0) is 11.0 Å². The Bertz CT molecular complexity index is 647. The van der Waals surface area contributed by atoms with Gasteiger partial charge < -0.3 is 10.2 Å². The summed E-state index contributed by atoms with van der Waals surface area (Å²) in [5, 5.41) is 11.6. The van der Waals surface area contributed by atoms with Crippen LogP contribution in [-0.4, -0.2) is 25.0 Å². The average Bonchev–Trinajstić information content (AvgIpc) is 3.35. The van der Waals surface area contributed by atoms with Crippen LogP contribution < -0.4 is 10.2 Å². The molecule has 1 N–H and O–H groups in total. The quantitative estimate of drug-likeness (QED) is 0.865. The lowest BCUT2D eigenvalue weighted by Crippen LogP contribution is -2.46. The molecule has 1 unspecified atom stereocenters. The van der Waals surface area contributed by atoms with Crippen molar-refractivity contribution in [1.29, 1.82) is 5.26 Å². The highest BCUT2D eigenvalue weighted by Crippen LogP contribution is 2.37. The Morgan fingerprint density at radius 1 is 1.46 bits per heavy atom. The first kappa shape index (κ1) is 18.1. The summed E-state index contributed by atoms with van der Waals surface area (Å²) in [4.78, 5) is 13.8. The van der Waals surface area contributed by atoms with Crippen molar-refractivity contribution in [2.45, 2.75) is 38.9 Å². The Kier molecular flexibility index (Phi) is 5.37. The molecule has 0 heterocycles. The van der Waals surface area contributed by atoms with Crippen molar-refractivity contribution < 1.29 is 18.0 Å². The molecule has 7 heteroatoms. The maximum atomic E-state index is 13.2. The summed E-state index contributed by atoms with van der Waals surface area (Å²) in [6.45, 7) is 4.46. The van der Waals surface area contributed by atoms with E-state index in [1.165, 1.54) is 12.1 Å². The summed E-state index contributed by atoms with van der Waals surface area (Å²) >= 11 is 0. The van der Waals surface area contributed by atoms with Gasteiger partial charge in [0.25, 0.3) is 0 Å². The van der Waals surface area contributed by atoms with E-state index in [1.807, 2.05) is 0 Å². The van der Waals surface area contributed by atoms with Crippen molar-refractivity contribution in [3.05, 3.63) is 29.3 Å². The van der Waals surface area contributed by atoms with Crippen LogP contribution in [0.1, 0.15) is 37.8 Å². The minimum atomic E-state index is -4.61. The van der Waals surface area contributed by atoms with E-state index in [9.17, 15) is 18.0 Å². The summed E-state index contributed by atoms with van der Waals surface area (Å²) in [5.74, 6) is 0.169. The maximum Gasteiger partial charge on any atom is 0.417 e. The number of anilines is 1. The molecule has 1 aliphatic rings. The second-order valence-electron chi connectivity index (χ2n) is 6.01.